The van der Waals surface area contributed by atoms with Gasteiger partial charge in [-0.05, 0) is 25.5 Å². The highest BCUT2D eigenvalue weighted by Gasteiger charge is 2.39. The smallest absolute Gasteiger partial charge is 0.243 e. The molecule has 17 heavy (non-hydrogen) atoms. The number of hydrogen-bond donors (Lipinski definition) is 0. The quantitative estimate of drug-likeness (QED) is 0.729. The minimum Gasteiger partial charge on any atom is -0.548 e. The summed E-state index contributed by atoms with van der Waals surface area (Å²) in [6, 6.07) is 5.30. The maximum absolute atomic E-state index is 12.1. The van der Waals surface area contributed by atoms with E-state index < -0.39 is 22.0 Å². The first-order valence-corrected chi connectivity index (χ1v) is 6.66. The second kappa shape index (κ2) is 4.12. The average molecular weight is 254 g/mol. The predicted molar refractivity (Wildman–Crippen MR) is 58.5 cm³/mol. The Balaban J connectivity index is 2.31. The number of aliphatic carboxylic acids is 1. The number of hydrogen-bond acceptors (Lipinski definition) is 4. The van der Waals surface area contributed by atoms with Gasteiger partial charge in [0.2, 0.25) is 10.0 Å². The summed E-state index contributed by atoms with van der Waals surface area (Å²) in [4.78, 5) is 10.8. The molecule has 0 aliphatic carbocycles. The standard InChI is InChI=1S/C11H13NO4S/c1-8-2-4-9(5-3-8)17(15,16)12-7-6-10(12)11(13)14/h2-5,10H,6-7H2,1H3,(H,13,14)/p-1/t10-/m1/s1. The van der Waals surface area contributed by atoms with Crippen LogP contribution in [0.2, 0.25) is 0 Å². The van der Waals surface area contributed by atoms with E-state index in [2.05, 4.69) is 0 Å². The summed E-state index contributed by atoms with van der Waals surface area (Å²) in [6.45, 7) is 2.08. The van der Waals surface area contributed by atoms with Gasteiger partial charge >= 0.3 is 0 Å². The Morgan fingerprint density at radius 1 is 1.35 bits per heavy atom. The second-order valence-electron chi connectivity index (χ2n) is 4.05. The van der Waals surface area contributed by atoms with Gasteiger partial charge in [0.15, 0.2) is 0 Å². The number of carbonyl (C=O) groups excluding carboxylic acids is 1. The third-order valence-electron chi connectivity index (χ3n) is 2.87. The van der Waals surface area contributed by atoms with Crippen LogP contribution in [0.15, 0.2) is 29.2 Å². The van der Waals surface area contributed by atoms with Crippen molar-refractivity contribution in [3.63, 3.8) is 0 Å². The number of carboxylic acid groups (broad SMARTS) is 1. The van der Waals surface area contributed by atoms with Crippen LogP contribution in [0, 0.1) is 6.92 Å². The monoisotopic (exact) mass is 254 g/mol. The van der Waals surface area contributed by atoms with Gasteiger partial charge in [0.25, 0.3) is 0 Å². The van der Waals surface area contributed by atoms with E-state index in [1.165, 1.54) is 12.1 Å². The van der Waals surface area contributed by atoms with Gasteiger partial charge in [0.1, 0.15) is 0 Å². The number of sulfonamides is 1. The fourth-order valence-electron chi connectivity index (χ4n) is 1.73. The molecule has 0 unspecified atom stereocenters. The minimum atomic E-state index is -3.70. The zero-order chi connectivity index (χ0) is 12.6. The van der Waals surface area contributed by atoms with Crippen molar-refractivity contribution in [3.05, 3.63) is 29.8 Å². The first-order chi connectivity index (χ1) is 7.93. The molecule has 1 aromatic carbocycles. The predicted octanol–water partition coefficient (Wildman–Crippen LogP) is -0.492. The Bertz CT molecular complexity index is 535. The molecule has 1 fully saturated rings. The number of benzene rings is 1. The highest BCUT2D eigenvalue weighted by Crippen LogP contribution is 2.26. The van der Waals surface area contributed by atoms with Crippen molar-refractivity contribution in [2.45, 2.75) is 24.3 Å². The lowest BCUT2D eigenvalue weighted by atomic mass is 10.1. The second-order valence-corrected chi connectivity index (χ2v) is 5.94. The van der Waals surface area contributed by atoms with Crippen LogP contribution >= 0.6 is 0 Å². The molecular formula is C11H12NO4S-. The number of carboxylic acids is 1. The molecule has 0 amide bonds. The van der Waals surface area contributed by atoms with Crippen LogP contribution in [-0.2, 0) is 14.8 Å². The summed E-state index contributed by atoms with van der Waals surface area (Å²) < 4.78 is 25.1. The van der Waals surface area contributed by atoms with E-state index in [4.69, 9.17) is 0 Å². The molecule has 1 heterocycles. The third-order valence-corrected chi connectivity index (χ3v) is 4.79. The highest BCUT2D eigenvalue weighted by atomic mass is 32.2. The maximum Gasteiger partial charge on any atom is 0.243 e. The largest absolute Gasteiger partial charge is 0.548 e. The van der Waals surface area contributed by atoms with Gasteiger partial charge in [-0.3, -0.25) is 0 Å². The molecule has 6 heteroatoms. The summed E-state index contributed by atoms with van der Waals surface area (Å²) in [5, 5.41) is 10.7. The topological polar surface area (TPSA) is 77.5 Å². The van der Waals surface area contributed by atoms with Crippen LogP contribution < -0.4 is 5.11 Å². The molecule has 1 atom stereocenters. The van der Waals surface area contributed by atoms with Gasteiger partial charge in [0, 0.05) is 6.54 Å². The minimum absolute atomic E-state index is 0.119. The summed E-state index contributed by atoms with van der Waals surface area (Å²) >= 11 is 0. The summed E-state index contributed by atoms with van der Waals surface area (Å²) in [6.07, 6.45) is 0.313. The lowest BCUT2D eigenvalue weighted by Gasteiger charge is -2.39. The van der Waals surface area contributed by atoms with Crippen molar-refractivity contribution in [1.82, 2.24) is 4.31 Å². The molecule has 5 nitrogen and oxygen atoms in total. The Morgan fingerprint density at radius 3 is 2.35 bits per heavy atom. The van der Waals surface area contributed by atoms with Gasteiger partial charge in [0.05, 0.1) is 16.9 Å². The lowest BCUT2D eigenvalue weighted by molar-refractivity contribution is -0.313. The number of carbonyl (C=O) groups is 1. The lowest BCUT2D eigenvalue weighted by Crippen LogP contribution is -2.58. The molecule has 0 aromatic heterocycles. The van der Waals surface area contributed by atoms with Gasteiger partial charge in [-0.2, -0.15) is 4.31 Å². The average Bonchev–Trinajstić information content (AvgIpc) is 2.14. The van der Waals surface area contributed by atoms with E-state index in [-0.39, 0.29) is 11.4 Å². The van der Waals surface area contributed by atoms with Crippen LogP contribution in [0.1, 0.15) is 12.0 Å². The van der Waals surface area contributed by atoms with E-state index in [1.807, 2.05) is 6.92 Å². The zero-order valence-corrected chi connectivity index (χ0v) is 10.1. The van der Waals surface area contributed by atoms with Crippen molar-refractivity contribution in [2.75, 3.05) is 6.54 Å². The molecule has 2 rings (SSSR count). The summed E-state index contributed by atoms with van der Waals surface area (Å²) in [5.41, 5.74) is 0.948. The van der Waals surface area contributed by atoms with Crippen LogP contribution in [0.4, 0.5) is 0 Å². The molecular weight excluding hydrogens is 242 g/mol. The van der Waals surface area contributed by atoms with Crippen molar-refractivity contribution in [1.29, 1.82) is 0 Å². The first-order valence-electron chi connectivity index (χ1n) is 5.22. The zero-order valence-electron chi connectivity index (χ0n) is 9.29. The van der Waals surface area contributed by atoms with Crippen LogP contribution in [0.25, 0.3) is 0 Å². The summed E-state index contributed by atoms with van der Waals surface area (Å²) in [5.74, 6) is -1.34. The molecule has 0 spiro atoms. The molecule has 1 aromatic rings. The molecule has 1 aliphatic rings. The van der Waals surface area contributed by atoms with Gasteiger partial charge in [-0.25, -0.2) is 8.42 Å². The summed E-state index contributed by atoms with van der Waals surface area (Å²) in [7, 11) is -3.70. The number of rotatable bonds is 3. The fourth-order valence-corrected chi connectivity index (χ4v) is 3.36. The van der Waals surface area contributed by atoms with Gasteiger partial charge < -0.3 is 9.90 Å². The SMILES string of the molecule is Cc1ccc(S(=O)(=O)N2CC[C@@H]2C(=O)[O-])cc1. The van der Waals surface area contributed by atoms with Crippen LogP contribution in [0.5, 0.6) is 0 Å². The molecule has 1 aliphatic heterocycles. The van der Waals surface area contributed by atoms with Gasteiger partial charge in [-0.1, -0.05) is 17.7 Å². The van der Waals surface area contributed by atoms with E-state index in [9.17, 15) is 18.3 Å². The van der Waals surface area contributed by atoms with E-state index in [1.54, 1.807) is 12.1 Å². The molecule has 0 radical (unpaired) electrons. The van der Waals surface area contributed by atoms with Crippen molar-refractivity contribution < 1.29 is 18.3 Å². The Morgan fingerprint density at radius 2 is 1.94 bits per heavy atom. The number of aryl methyl sites for hydroxylation is 1. The van der Waals surface area contributed by atoms with E-state index >= 15 is 0 Å². The van der Waals surface area contributed by atoms with Crippen LogP contribution in [0.3, 0.4) is 0 Å². The van der Waals surface area contributed by atoms with Crippen molar-refractivity contribution in [3.8, 4) is 0 Å². The van der Waals surface area contributed by atoms with E-state index in [0.29, 0.717) is 6.42 Å². The van der Waals surface area contributed by atoms with Crippen molar-refractivity contribution in [2.24, 2.45) is 0 Å². The highest BCUT2D eigenvalue weighted by molar-refractivity contribution is 7.89. The maximum atomic E-state index is 12.1. The molecule has 0 N–H and O–H groups in total. The Kier molecular flexibility index (Phi) is 2.92. The molecule has 92 valence electrons. The first kappa shape index (κ1) is 12.1. The van der Waals surface area contributed by atoms with Crippen LogP contribution in [-0.4, -0.2) is 31.3 Å². The number of nitrogens with zero attached hydrogens (tertiary/aromatic N) is 1. The molecule has 1 saturated heterocycles. The molecule has 0 bridgehead atoms. The Hall–Kier alpha value is -1.40. The normalized spacial score (nSPS) is 20.9. The third kappa shape index (κ3) is 2.05. The Labute approximate surface area is 99.7 Å². The molecule has 0 saturated carbocycles. The van der Waals surface area contributed by atoms with Gasteiger partial charge in [-0.15, -0.1) is 0 Å². The fraction of sp³-hybridized carbons (Fsp3) is 0.364. The van der Waals surface area contributed by atoms with Crippen molar-refractivity contribution >= 4 is 16.0 Å². The van der Waals surface area contributed by atoms with E-state index in [0.717, 1.165) is 9.87 Å².